The number of benzene rings is 1. The highest BCUT2D eigenvalue weighted by molar-refractivity contribution is 5.98. The average molecular weight is 300 g/mol. The first-order valence-electron chi connectivity index (χ1n) is 7.63. The number of carbonyl (C=O) groups is 2. The van der Waals surface area contributed by atoms with E-state index in [1.165, 1.54) is 0 Å². The molecule has 1 aromatic rings. The maximum absolute atomic E-state index is 12.8. The second-order valence-corrected chi connectivity index (χ2v) is 5.67. The number of nitrogens with one attached hydrogen (secondary N) is 1. The predicted octanol–water partition coefficient (Wildman–Crippen LogP) is 1.69. The van der Waals surface area contributed by atoms with Gasteiger partial charge in [-0.1, -0.05) is 24.3 Å². The van der Waals surface area contributed by atoms with E-state index in [9.17, 15) is 9.59 Å². The Morgan fingerprint density at radius 3 is 2.91 bits per heavy atom. The maximum atomic E-state index is 12.8. The smallest absolute Gasteiger partial charge is 0.253 e. The fourth-order valence-corrected chi connectivity index (χ4v) is 2.99. The van der Waals surface area contributed by atoms with Gasteiger partial charge in [-0.05, 0) is 30.9 Å². The zero-order chi connectivity index (χ0) is 15.5. The summed E-state index contributed by atoms with van der Waals surface area (Å²) in [5.41, 5.74) is 2.54. The summed E-state index contributed by atoms with van der Waals surface area (Å²) in [7, 11) is 0. The summed E-state index contributed by atoms with van der Waals surface area (Å²) >= 11 is 0. The van der Waals surface area contributed by atoms with Crippen molar-refractivity contribution >= 4 is 11.8 Å². The third-order valence-corrected chi connectivity index (χ3v) is 4.16. The second kappa shape index (κ2) is 6.22. The number of aryl methyl sites for hydroxylation is 1. The summed E-state index contributed by atoms with van der Waals surface area (Å²) in [5.74, 6) is -0.214. The third kappa shape index (κ3) is 2.71. The molecular weight excluding hydrogens is 280 g/mol. The molecule has 116 valence electrons. The van der Waals surface area contributed by atoms with E-state index in [1.54, 1.807) is 11.2 Å². The summed E-state index contributed by atoms with van der Waals surface area (Å²) in [5, 5.41) is 2.86. The summed E-state index contributed by atoms with van der Waals surface area (Å²) in [6, 6.07) is 7.14. The van der Waals surface area contributed by atoms with Crippen LogP contribution in [0.3, 0.4) is 0 Å². The Bertz CT molecular complexity index is 624. The van der Waals surface area contributed by atoms with Gasteiger partial charge >= 0.3 is 0 Å². The molecule has 5 heteroatoms. The molecule has 0 saturated carbocycles. The van der Waals surface area contributed by atoms with Gasteiger partial charge < -0.3 is 15.0 Å². The van der Waals surface area contributed by atoms with Gasteiger partial charge in [0.2, 0.25) is 5.91 Å². The number of carbonyl (C=O) groups excluding carboxylic acids is 2. The molecule has 2 heterocycles. The van der Waals surface area contributed by atoms with E-state index >= 15 is 0 Å². The molecule has 2 aliphatic rings. The fourth-order valence-electron chi connectivity index (χ4n) is 2.99. The van der Waals surface area contributed by atoms with Gasteiger partial charge in [0.1, 0.15) is 6.04 Å². The molecule has 0 radical (unpaired) electrons. The molecule has 0 aliphatic carbocycles. The van der Waals surface area contributed by atoms with Crippen LogP contribution in [-0.4, -0.2) is 36.4 Å². The largest absolute Gasteiger partial charge is 0.501 e. The molecule has 1 atom stereocenters. The number of hydrogen-bond acceptors (Lipinski definition) is 3. The number of piperazine rings is 1. The van der Waals surface area contributed by atoms with Crippen LogP contribution in [0, 0.1) is 6.92 Å². The van der Waals surface area contributed by atoms with E-state index in [-0.39, 0.29) is 11.8 Å². The molecule has 22 heavy (non-hydrogen) atoms. The van der Waals surface area contributed by atoms with E-state index in [2.05, 4.69) is 5.32 Å². The summed E-state index contributed by atoms with van der Waals surface area (Å²) < 4.78 is 5.28. The number of ether oxygens (including phenoxy) is 1. The Hall–Kier alpha value is -2.30. The zero-order valence-corrected chi connectivity index (χ0v) is 12.7. The SMILES string of the molecule is Cc1ccccc1C1C(=O)NCCN1C(=O)C1=COCCC1. The highest BCUT2D eigenvalue weighted by atomic mass is 16.5. The van der Waals surface area contributed by atoms with Crippen LogP contribution >= 0.6 is 0 Å². The Kier molecular flexibility index (Phi) is 4.13. The Balaban J connectivity index is 1.93. The molecular formula is C17H20N2O3. The first-order valence-corrected chi connectivity index (χ1v) is 7.63. The van der Waals surface area contributed by atoms with Crippen molar-refractivity contribution in [3.05, 3.63) is 47.2 Å². The van der Waals surface area contributed by atoms with Crippen molar-refractivity contribution in [1.29, 1.82) is 0 Å². The van der Waals surface area contributed by atoms with E-state index in [4.69, 9.17) is 4.74 Å². The molecule has 0 spiro atoms. The first kappa shape index (κ1) is 14.6. The van der Waals surface area contributed by atoms with E-state index in [0.717, 1.165) is 17.5 Å². The van der Waals surface area contributed by atoms with Crippen LogP contribution in [0.5, 0.6) is 0 Å². The van der Waals surface area contributed by atoms with E-state index in [0.29, 0.717) is 31.7 Å². The van der Waals surface area contributed by atoms with Crippen LogP contribution in [0.1, 0.15) is 30.0 Å². The maximum Gasteiger partial charge on any atom is 0.253 e. The standard InChI is InChI=1S/C17H20N2O3/c1-12-5-2-3-7-14(12)15-16(20)18-8-9-19(15)17(21)13-6-4-10-22-11-13/h2-3,5,7,11,15H,4,6,8-10H2,1H3,(H,18,20). The van der Waals surface area contributed by atoms with Crippen LogP contribution in [0.25, 0.3) is 0 Å². The molecule has 1 N–H and O–H groups in total. The minimum atomic E-state index is -0.565. The van der Waals surface area contributed by atoms with Gasteiger partial charge in [0, 0.05) is 13.1 Å². The van der Waals surface area contributed by atoms with Crippen molar-refractivity contribution < 1.29 is 14.3 Å². The quantitative estimate of drug-likeness (QED) is 0.904. The van der Waals surface area contributed by atoms with E-state index in [1.807, 2.05) is 31.2 Å². The molecule has 3 rings (SSSR count). The summed E-state index contributed by atoms with van der Waals surface area (Å²) in [4.78, 5) is 26.8. The van der Waals surface area contributed by atoms with Gasteiger partial charge in [0.25, 0.3) is 5.91 Å². The highest BCUT2D eigenvalue weighted by Gasteiger charge is 2.36. The Morgan fingerprint density at radius 2 is 2.18 bits per heavy atom. The first-order chi connectivity index (χ1) is 10.7. The Labute approximate surface area is 129 Å². The van der Waals surface area contributed by atoms with Crippen LogP contribution in [0.2, 0.25) is 0 Å². The molecule has 1 saturated heterocycles. The molecule has 2 aliphatic heterocycles. The van der Waals surface area contributed by atoms with Gasteiger partial charge in [-0.25, -0.2) is 0 Å². The van der Waals surface area contributed by atoms with Gasteiger partial charge in [-0.15, -0.1) is 0 Å². The molecule has 0 aromatic heterocycles. The number of hydrogen-bond donors (Lipinski definition) is 1. The number of amides is 2. The lowest BCUT2D eigenvalue weighted by atomic mass is 9.96. The summed E-state index contributed by atoms with van der Waals surface area (Å²) in [6.07, 6.45) is 3.09. The topological polar surface area (TPSA) is 58.6 Å². The second-order valence-electron chi connectivity index (χ2n) is 5.67. The van der Waals surface area contributed by atoms with Gasteiger partial charge in [0.15, 0.2) is 0 Å². The molecule has 1 unspecified atom stereocenters. The number of nitrogens with zero attached hydrogens (tertiary/aromatic N) is 1. The Morgan fingerprint density at radius 1 is 1.36 bits per heavy atom. The zero-order valence-electron chi connectivity index (χ0n) is 12.7. The van der Waals surface area contributed by atoms with Crippen LogP contribution in [0.15, 0.2) is 36.1 Å². The molecule has 1 fully saturated rings. The van der Waals surface area contributed by atoms with Crippen LogP contribution in [-0.2, 0) is 14.3 Å². The van der Waals surface area contributed by atoms with Crippen molar-refractivity contribution in [3.63, 3.8) is 0 Å². The van der Waals surface area contributed by atoms with Crippen molar-refractivity contribution in [3.8, 4) is 0 Å². The van der Waals surface area contributed by atoms with Crippen LogP contribution in [0.4, 0.5) is 0 Å². The lowest BCUT2D eigenvalue weighted by molar-refractivity contribution is -0.141. The van der Waals surface area contributed by atoms with Crippen molar-refractivity contribution in [2.45, 2.75) is 25.8 Å². The molecule has 1 aromatic carbocycles. The molecule has 2 amide bonds. The van der Waals surface area contributed by atoms with Crippen molar-refractivity contribution in [1.82, 2.24) is 10.2 Å². The predicted molar refractivity (Wildman–Crippen MR) is 81.9 cm³/mol. The lowest BCUT2D eigenvalue weighted by Crippen LogP contribution is -2.52. The monoisotopic (exact) mass is 300 g/mol. The normalized spacial score (nSPS) is 21.7. The minimum Gasteiger partial charge on any atom is -0.501 e. The summed E-state index contributed by atoms with van der Waals surface area (Å²) in [6.45, 7) is 3.61. The average Bonchev–Trinajstić information content (AvgIpc) is 2.56. The van der Waals surface area contributed by atoms with Gasteiger partial charge in [-0.3, -0.25) is 9.59 Å². The third-order valence-electron chi connectivity index (χ3n) is 4.16. The van der Waals surface area contributed by atoms with Crippen LogP contribution < -0.4 is 5.32 Å². The highest BCUT2D eigenvalue weighted by Crippen LogP contribution is 2.28. The van der Waals surface area contributed by atoms with Crippen molar-refractivity contribution in [2.24, 2.45) is 0 Å². The lowest BCUT2D eigenvalue weighted by Gasteiger charge is -2.36. The molecule has 0 bridgehead atoms. The van der Waals surface area contributed by atoms with E-state index < -0.39 is 6.04 Å². The van der Waals surface area contributed by atoms with Crippen molar-refractivity contribution in [2.75, 3.05) is 19.7 Å². The minimum absolute atomic E-state index is 0.0946. The number of rotatable bonds is 2. The van der Waals surface area contributed by atoms with Gasteiger partial charge in [-0.2, -0.15) is 0 Å². The van der Waals surface area contributed by atoms with Gasteiger partial charge in [0.05, 0.1) is 18.4 Å². The molecule has 5 nitrogen and oxygen atoms in total. The fraction of sp³-hybridized carbons (Fsp3) is 0.412.